The van der Waals surface area contributed by atoms with Crippen LogP contribution in [0.15, 0.2) is 35.9 Å². The first kappa shape index (κ1) is 15.3. The minimum atomic E-state index is -0.249. The monoisotopic (exact) mass is 262 g/mol. The normalized spacial score (nSPS) is 11.2. The second-order valence-electron chi connectivity index (χ2n) is 4.45. The van der Waals surface area contributed by atoms with E-state index in [1.165, 1.54) is 5.56 Å². The Kier molecular flexibility index (Phi) is 6.72. The lowest BCUT2D eigenvalue weighted by Crippen LogP contribution is -2.00. The first-order valence-electron chi connectivity index (χ1n) is 6.62. The number of carbonyl (C=O) groups excluding carboxylic acids is 1. The molecule has 1 aromatic rings. The molecule has 0 aromatic heterocycles. The van der Waals surface area contributed by atoms with Gasteiger partial charge in [0.15, 0.2) is 0 Å². The minimum absolute atomic E-state index is 0.249. The van der Waals surface area contributed by atoms with Crippen LogP contribution in [0.5, 0.6) is 5.75 Å². The second-order valence-corrected chi connectivity index (χ2v) is 4.45. The number of methoxy groups -OCH3 is 1. The summed E-state index contributed by atoms with van der Waals surface area (Å²) >= 11 is 0. The highest BCUT2D eigenvalue weighted by Crippen LogP contribution is 2.15. The summed E-state index contributed by atoms with van der Waals surface area (Å²) < 4.78 is 10.1. The van der Waals surface area contributed by atoms with Gasteiger partial charge in [0.05, 0.1) is 13.7 Å². The molecule has 0 fully saturated rings. The summed E-state index contributed by atoms with van der Waals surface area (Å²) in [6.07, 6.45) is 4.46. The average Bonchev–Trinajstić information content (AvgIpc) is 2.39. The number of benzene rings is 1. The molecule has 0 unspecified atom stereocenters. The van der Waals surface area contributed by atoms with Crippen LogP contribution in [-0.2, 0) is 16.0 Å². The molecule has 0 saturated heterocycles. The molecule has 0 spiro atoms. The van der Waals surface area contributed by atoms with Crippen molar-refractivity contribution in [1.29, 1.82) is 0 Å². The van der Waals surface area contributed by atoms with E-state index in [-0.39, 0.29) is 5.97 Å². The van der Waals surface area contributed by atoms with Crippen molar-refractivity contribution in [1.82, 2.24) is 0 Å². The zero-order chi connectivity index (χ0) is 14.1. The van der Waals surface area contributed by atoms with Gasteiger partial charge in [-0.15, -0.1) is 0 Å². The molecule has 0 bridgehead atoms. The van der Waals surface area contributed by atoms with Crippen molar-refractivity contribution in [2.75, 3.05) is 13.7 Å². The van der Waals surface area contributed by atoms with Crippen LogP contribution in [-0.4, -0.2) is 19.7 Å². The highest BCUT2D eigenvalue weighted by Gasteiger charge is 2.00. The van der Waals surface area contributed by atoms with Gasteiger partial charge in [-0.25, -0.2) is 4.79 Å². The summed E-state index contributed by atoms with van der Waals surface area (Å²) in [5.41, 5.74) is 2.31. The quantitative estimate of drug-likeness (QED) is 0.557. The molecule has 1 rings (SSSR count). The lowest BCUT2D eigenvalue weighted by molar-refractivity contribution is -0.137. The number of hydrogen-bond acceptors (Lipinski definition) is 3. The molecule has 0 N–H and O–H groups in total. The van der Waals surface area contributed by atoms with Crippen LogP contribution < -0.4 is 4.74 Å². The number of carbonyl (C=O) groups is 1. The topological polar surface area (TPSA) is 35.5 Å². The van der Waals surface area contributed by atoms with Crippen LogP contribution in [0.3, 0.4) is 0 Å². The molecule has 0 aliphatic heterocycles. The number of rotatable bonds is 7. The Bertz CT molecular complexity index is 435. The van der Waals surface area contributed by atoms with E-state index in [4.69, 9.17) is 9.47 Å². The van der Waals surface area contributed by atoms with Gasteiger partial charge in [-0.3, -0.25) is 0 Å². The third kappa shape index (κ3) is 6.09. The number of esters is 1. The lowest BCUT2D eigenvalue weighted by atomic mass is 10.0. The summed E-state index contributed by atoms with van der Waals surface area (Å²) in [4.78, 5) is 11.3. The predicted molar refractivity (Wildman–Crippen MR) is 76.3 cm³/mol. The summed E-state index contributed by atoms with van der Waals surface area (Å²) in [7, 11) is 1.67. The molecule has 3 heteroatoms. The zero-order valence-electron chi connectivity index (χ0n) is 11.9. The summed E-state index contributed by atoms with van der Waals surface area (Å²) in [6, 6.07) is 8.07. The molecule has 3 nitrogen and oxygen atoms in total. The zero-order valence-corrected chi connectivity index (χ0v) is 11.9. The van der Waals surface area contributed by atoms with Gasteiger partial charge in [0, 0.05) is 6.08 Å². The summed E-state index contributed by atoms with van der Waals surface area (Å²) in [5.74, 6) is 0.637. The third-order valence-electron chi connectivity index (χ3n) is 2.82. The second kappa shape index (κ2) is 8.35. The highest BCUT2D eigenvalue weighted by atomic mass is 16.5. The first-order chi connectivity index (χ1) is 9.15. The number of allylic oxidation sites excluding steroid dienone is 1. The molecule has 104 valence electrons. The van der Waals surface area contributed by atoms with Gasteiger partial charge in [0.2, 0.25) is 0 Å². The summed E-state index contributed by atoms with van der Waals surface area (Å²) in [6.45, 7) is 4.19. The van der Waals surface area contributed by atoms with Crippen molar-refractivity contribution in [3.63, 3.8) is 0 Å². The fourth-order valence-electron chi connectivity index (χ4n) is 1.86. The SMILES string of the molecule is CCOC(=O)/C=C(/C)CCCc1cccc(OC)c1. The minimum Gasteiger partial charge on any atom is -0.497 e. The van der Waals surface area contributed by atoms with Crippen LogP contribution in [0.1, 0.15) is 32.3 Å². The van der Waals surface area contributed by atoms with E-state index < -0.39 is 0 Å². The van der Waals surface area contributed by atoms with E-state index in [1.807, 2.05) is 32.0 Å². The van der Waals surface area contributed by atoms with Gasteiger partial charge < -0.3 is 9.47 Å². The van der Waals surface area contributed by atoms with E-state index in [1.54, 1.807) is 13.2 Å². The van der Waals surface area contributed by atoms with E-state index in [2.05, 4.69) is 6.07 Å². The van der Waals surface area contributed by atoms with Gasteiger partial charge in [-0.2, -0.15) is 0 Å². The Morgan fingerprint density at radius 3 is 2.84 bits per heavy atom. The Morgan fingerprint density at radius 2 is 2.16 bits per heavy atom. The van der Waals surface area contributed by atoms with Crippen molar-refractivity contribution in [3.05, 3.63) is 41.5 Å². The van der Waals surface area contributed by atoms with Gasteiger partial charge in [-0.1, -0.05) is 17.7 Å². The van der Waals surface area contributed by atoms with Crippen molar-refractivity contribution < 1.29 is 14.3 Å². The van der Waals surface area contributed by atoms with Gasteiger partial charge in [0.25, 0.3) is 0 Å². The average molecular weight is 262 g/mol. The Balaban J connectivity index is 2.39. The van der Waals surface area contributed by atoms with E-state index >= 15 is 0 Å². The number of hydrogen-bond donors (Lipinski definition) is 0. The maximum absolute atomic E-state index is 11.3. The number of ether oxygens (including phenoxy) is 2. The standard InChI is InChI=1S/C16H22O3/c1-4-19-16(17)11-13(2)7-5-8-14-9-6-10-15(12-14)18-3/h6,9-12H,4-5,7-8H2,1-3H3/b13-11-. The predicted octanol–water partition coefficient (Wildman–Crippen LogP) is 3.53. The fraction of sp³-hybridized carbons (Fsp3) is 0.438. The van der Waals surface area contributed by atoms with Crippen molar-refractivity contribution >= 4 is 5.97 Å². The molecule has 0 heterocycles. The molecule has 0 aliphatic carbocycles. The highest BCUT2D eigenvalue weighted by molar-refractivity contribution is 5.82. The Morgan fingerprint density at radius 1 is 1.37 bits per heavy atom. The molecule has 19 heavy (non-hydrogen) atoms. The van der Waals surface area contributed by atoms with E-state index in [9.17, 15) is 4.79 Å². The fourth-order valence-corrected chi connectivity index (χ4v) is 1.86. The van der Waals surface area contributed by atoms with Crippen molar-refractivity contribution in [3.8, 4) is 5.75 Å². The Labute approximate surface area is 115 Å². The van der Waals surface area contributed by atoms with Crippen LogP contribution in [0.25, 0.3) is 0 Å². The maximum atomic E-state index is 11.3. The maximum Gasteiger partial charge on any atom is 0.330 e. The van der Waals surface area contributed by atoms with Crippen LogP contribution >= 0.6 is 0 Å². The van der Waals surface area contributed by atoms with Crippen LogP contribution in [0, 0.1) is 0 Å². The molecule has 0 amide bonds. The smallest absolute Gasteiger partial charge is 0.330 e. The molecule has 1 aromatic carbocycles. The molecule has 0 saturated carbocycles. The molecular weight excluding hydrogens is 240 g/mol. The molecule has 0 radical (unpaired) electrons. The largest absolute Gasteiger partial charge is 0.497 e. The van der Waals surface area contributed by atoms with Crippen LogP contribution in [0.2, 0.25) is 0 Å². The molecule has 0 atom stereocenters. The summed E-state index contributed by atoms with van der Waals surface area (Å²) in [5, 5.41) is 0. The molecule has 0 aliphatic rings. The first-order valence-corrected chi connectivity index (χ1v) is 6.62. The van der Waals surface area contributed by atoms with Gasteiger partial charge in [0.1, 0.15) is 5.75 Å². The van der Waals surface area contributed by atoms with E-state index in [0.717, 1.165) is 30.6 Å². The Hall–Kier alpha value is -1.77. The van der Waals surface area contributed by atoms with Gasteiger partial charge >= 0.3 is 5.97 Å². The molecular formula is C16H22O3. The third-order valence-corrected chi connectivity index (χ3v) is 2.82. The van der Waals surface area contributed by atoms with Crippen molar-refractivity contribution in [2.45, 2.75) is 33.1 Å². The van der Waals surface area contributed by atoms with Crippen LogP contribution in [0.4, 0.5) is 0 Å². The van der Waals surface area contributed by atoms with Gasteiger partial charge in [-0.05, 0) is 50.8 Å². The lowest BCUT2D eigenvalue weighted by Gasteiger charge is -2.05. The van der Waals surface area contributed by atoms with E-state index in [0.29, 0.717) is 6.61 Å². The number of aryl methyl sites for hydroxylation is 1. The van der Waals surface area contributed by atoms with Crippen molar-refractivity contribution in [2.24, 2.45) is 0 Å².